The SMILES string of the molecule is C1=Cc2c(C3=c4ccc5c(c4CC(C4CCC4)C3)CC=c3ccccc3=5)ccnc2C1. The smallest absolute Gasteiger partial charge is 0.0519 e. The molecule has 1 nitrogen and oxygen atoms in total. The van der Waals surface area contributed by atoms with Gasteiger partial charge in [0.05, 0.1) is 5.69 Å². The Labute approximate surface area is 183 Å². The summed E-state index contributed by atoms with van der Waals surface area (Å²) in [6.45, 7) is 0. The van der Waals surface area contributed by atoms with Gasteiger partial charge in [0, 0.05) is 18.2 Å². The maximum absolute atomic E-state index is 4.67. The number of allylic oxidation sites excluding steroid dienone is 1. The van der Waals surface area contributed by atoms with Crippen LogP contribution in [0.2, 0.25) is 0 Å². The predicted molar refractivity (Wildman–Crippen MR) is 127 cm³/mol. The summed E-state index contributed by atoms with van der Waals surface area (Å²) >= 11 is 0. The van der Waals surface area contributed by atoms with Crippen LogP contribution in [0.5, 0.6) is 0 Å². The summed E-state index contributed by atoms with van der Waals surface area (Å²) in [6.07, 6.45) is 17.8. The molecule has 0 aliphatic heterocycles. The first-order valence-electron chi connectivity index (χ1n) is 11.9. The number of hydrogen-bond donors (Lipinski definition) is 0. The van der Waals surface area contributed by atoms with Crippen LogP contribution >= 0.6 is 0 Å². The molecular formula is C30H27N. The number of pyridine rings is 1. The van der Waals surface area contributed by atoms with Crippen molar-refractivity contribution < 1.29 is 0 Å². The van der Waals surface area contributed by atoms with Gasteiger partial charge in [-0.3, -0.25) is 4.98 Å². The Kier molecular flexibility index (Phi) is 3.88. The van der Waals surface area contributed by atoms with Crippen LogP contribution in [0.1, 0.15) is 53.6 Å². The second-order valence-electron chi connectivity index (χ2n) is 9.78. The van der Waals surface area contributed by atoms with E-state index in [1.165, 1.54) is 69.8 Å². The number of aromatic nitrogens is 1. The molecule has 0 spiro atoms. The van der Waals surface area contributed by atoms with E-state index in [0.29, 0.717) is 0 Å². The van der Waals surface area contributed by atoms with Crippen molar-refractivity contribution in [3.05, 3.63) is 104 Å². The molecule has 1 heterocycles. The third kappa shape index (κ3) is 2.65. The molecule has 0 saturated heterocycles. The van der Waals surface area contributed by atoms with Crippen LogP contribution in [0.25, 0.3) is 17.7 Å². The molecule has 1 unspecified atom stereocenters. The van der Waals surface area contributed by atoms with Gasteiger partial charge in [-0.05, 0) is 80.3 Å². The van der Waals surface area contributed by atoms with Gasteiger partial charge in [0.2, 0.25) is 0 Å². The van der Waals surface area contributed by atoms with Crippen molar-refractivity contribution in [2.45, 2.75) is 44.9 Å². The first kappa shape index (κ1) is 17.7. The minimum absolute atomic E-state index is 0.786. The summed E-state index contributed by atoms with van der Waals surface area (Å²) < 4.78 is 0. The summed E-state index contributed by atoms with van der Waals surface area (Å²) in [5.74, 6) is 1.69. The van der Waals surface area contributed by atoms with Gasteiger partial charge in [0.15, 0.2) is 0 Å². The molecule has 1 atom stereocenters. The number of hydrogen-bond acceptors (Lipinski definition) is 1. The second-order valence-corrected chi connectivity index (χ2v) is 9.78. The Morgan fingerprint density at radius 1 is 0.774 bits per heavy atom. The fraction of sp³-hybridized carbons (Fsp3) is 0.300. The number of benzene rings is 2. The molecule has 2 aromatic carbocycles. The van der Waals surface area contributed by atoms with Crippen LogP contribution in [0.15, 0.2) is 54.7 Å². The van der Waals surface area contributed by atoms with E-state index < -0.39 is 0 Å². The molecule has 0 bridgehead atoms. The molecule has 31 heavy (non-hydrogen) atoms. The van der Waals surface area contributed by atoms with Gasteiger partial charge in [-0.2, -0.15) is 0 Å². The first-order valence-corrected chi connectivity index (χ1v) is 11.9. The van der Waals surface area contributed by atoms with E-state index in [-0.39, 0.29) is 0 Å². The summed E-state index contributed by atoms with van der Waals surface area (Å²) in [5.41, 5.74) is 8.84. The van der Waals surface area contributed by atoms with Crippen molar-refractivity contribution in [3.63, 3.8) is 0 Å². The van der Waals surface area contributed by atoms with Crippen LogP contribution < -0.4 is 10.4 Å². The lowest BCUT2D eigenvalue weighted by atomic mass is 9.67. The van der Waals surface area contributed by atoms with Gasteiger partial charge in [-0.25, -0.2) is 0 Å². The Hall–Kier alpha value is -2.93. The number of rotatable bonds is 2. The standard InChI is InChI=1S/C30H27N/c1-2-8-22-20(5-1)11-12-24-23(22)13-14-25-28(24)17-21(19-6-3-7-19)18-29(25)26-15-16-31-30-10-4-9-27(26)30/h1-2,4-5,8-9,11,13-16,19,21H,3,6-7,10,12,17-18H2. The van der Waals surface area contributed by atoms with Crippen molar-refractivity contribution in [2.75, 3.05) is 0 Å². The highest BCUT2D eigenvalue weighted by atomic mass is 14.7. The van der Waals surface area contributed by atoms with E-state index >= 15 is 0 Å². The van der Waals surface area contributed by atoms with Crippen LogP contribution in [-0.4, -0.2) is 4.98 Å². The van der Waals surface area contributed by atoms with Crippen LogP contribution in [-0.2, 0) is 19.3 Å². The maximum Gasteiger partial charge on any atom is 0.0519 e. The zero-order chi connectivity index (χ0) is 20.4. The normalized spacial score (nSPS) is 20.9. The monoisotopic (exact) mass is 401 g/mol. The van der Waals surface area contributed by atoms with Crippen molar-refractivity contribution in [1.29, 1.82) is 0 Å². The van der Waals surface area contributed by atoms with Crippen molar-refractivity contribution in [2.24, 2.45) is 11.8 Å². The van der Waals surface area contributed by atoms with Gasteiger partial charge >= 0.3 is 0 Å². The molecule has 7 rings (SSSR count). The molecular weight excluding hydrogens is 374 g/mol. The fourth-order valence-electron chi connectivity index (χ4n) is 6.45. The second kappa shape index (κ2) is 6.79. The van der Waals surface area contributed by atoms with Gasteiger partial charge in [-0.1, -0.05) is 73.9 Å². The first-order chi connectivity index (χ1) is 15.4. The molecule has 4 aliphatic carbocycles. The molecule has 1 heteroatoms. The molecule has 3 aromatic rings. The van der Waals surface area contributed by atoms with Crippen LogP contribution in [0.4, 0.5) is 0 Å². The minimum atomic E-state index is 0.786. The number of fused-ring (bicyclic) bond motifs is 5. The zero-order valence-electron chi connectivity index (χ0n) is 17.9. The molecule has 0 radical (unpaired) electrons. The highest BCUT2D eigenvalue weighted by Crippen LogP contribution is 2.42. The largest absolute Gasteiger partial charge is 0.260 e. The lowest BCUT2D eigenvalue weighted by molar-refractivity contribution is 0.205. The lowest BCUT2D eigenvalue weighted by Crippen LogP contribution is -2.33. The molecule has 4 aliphatic rings. The summed E-state index contributed by atoms with van der Waals surface area (Å²) in [6, 6.07) is 16.0. The van der Waals surface area contributed by atoms with Gasteiger partial charge in [0.25, 0.3) is 0 Å². The molecule has 1 fully saturated rings. The van der Waals surface area contributed by atoms with Crippen molar-refractivity contribution in [3.8, 4) is 0 Å². The summed E-state index contributed by atoms with van der Waals surface area (Å²) in [4.78, 5) is 4.67. The van der Waals surface area contributed by atoms with Gasteiger partial charge in [-0.15, -0.1) is 0 Å². The van der Waals surface area contributed by atoms with Crippen molar-refractivity contribution in [1.82, 2.24) is 4.98 Å². The summed E-state index contributed by atoms with van der Waals surface area (Å²) in [7, 11) is 0. The van der Waals surface area contributed by atoms with E-state index in [9.17, 15) is 0 Å². The highest BCUT2D eigenvalue weighted by Gasteiger charge is 2.33. The Bertz CT molecular complexity index is 1470. The molecule has 152 valence electrons. The van der Waals surface area contributed by atoms with Crippen LogP contribution in [0.3, 0.4) is 0 Å². The molecule has 0 N–H and O–H groups in total. The average Bonchev–Trinajstić information content (AvgIpc) is 3.26. The third-order valence-corrected chi connectivity index (χ3v) is 8.28. The quantitative estimate of drug-likeness (QED) is 0.599. The van der Waals surface area contributed by atoms with E-state index in [2.05, 4.69) is 65.7 Å². The van der Waals surface area contributed by atoms with E-state index in [1.807, 2.05) is 6.20 Å². The topological polar surface area (TPSA) is 12.9 Å². The Morgan fingerprint density at radius 2 is 1.68 bits per heavy atom. The zero-order valence-corrected chi connectivity index (χ0v) is 17.9. The third-order valence-electron chi connectivity index (χ3n) is 8.28. The Balaban J connectivity index is 1.54. The van der Waals surface area contributed by atoms with E-state index in [4.69, 9.17) is 0 Å². The fourth-order valence-corrected chi connectivity index (χ4v) is 6.45. The lowest BCUT2D eigenvalue weighted by Gasteiger charge is -2.38. The molecule has 1 saturated carbocycles. The summed E-state index contributed by atoms with van der Waals surface area (Å²) in [5, 5.41) is 5.77. The van der Waals surface area contributed by atoms with E-state index in [0.717, 1.165) is 24.7 Å². The van der Waals surface area contributed by atoms with Crippen LogP contribution in [0, 0.1) is 22.3 Å². The van der Waals surface area contributed by atoms with Gasteiger partial charge < -0.3 is 0 Å². The van der Waals surface area contributed by atoms with E-state index in [1.54, 1.807) is 16.7 Å². The molecule has 1 aromatic heterocycles. The molecule has 0 amide bonds. The maximum atomic E-state index is 4.67. The average molecular weight is 402 g/mol. The number of nitrogens with zero attached hydrogens (tertiary/aromatic N) is 1. The minimum Gasteiger partial charge on any atom is -0.260 e. The predicted octanol–water partition coefficient (Wildman–Crippen LogP) is 4.84. The Morgan fingerprint density at radius 3 is 2.58 bits per heavy atom. The highest BCUT2D eigenvalue weighted by molar-refractivity contribution is 5.78. The van der Waals surface area contributed by atoms with Gasteiger partial charge in [0.1, 0.15) is 0 Å². The van der Waals surface area contributed by atoms with Crippen molar-refractivity contribution >= 4 is 17.7 Å².